The summed E-state index contributed by atoms with van der Waals surface area (Å²) < 4.78 is 61.9. The van der Waals surface area contributed by atoms with Gasteiger partial charge in [-0.3, -0.25) is 14.4 Å². The van der Waals surface area contributed by atoms with Gasteiger partial charge in [-0.15, -0.1) is 0 Å². The second-order valence-electron chi connectivity index (χ2n) is 14.5. The smallest absolute Gasteiger partial charge is 0.418 e. The Morgan fingerprint density at radius 1 is 0.982 bits per heavy atom. The molecular weight excluding hydrogens is 751 g/mol. The summed E-state index contributed by atoms with van der Waals surface area (Å²) in [5.74, 6) is -3.00. The molecule has 1 aliphatic rings. The second kappa shape index (κ2) is 17.3. The number of phenolic OH excluding ortho intramolecular Hbond substituents is 1. The molecule has 1 aliphatic carbocycles. The van der Waals surface area contributed by atoms with Crippen molar-refractivity contribution < 1.29 is 41.8 Å². The van der Waals surface area contributed by atoms with E-state index in [9.17, 15) is 37.1 Å². The van der Waals surface area contributed by atoms with Crippen molar-refractivity contribution in [1.29, 1.82) is 0 Å². The summed E-state index contributed by atoms with van der Waals surface area (Å²) >= 11 is 5.80. The van der Waals surface area contributed by atoms with E-state index in [1.807, 2.05) is 20.8 Å². The van der Waals surface area contributed by atoms with Crippen LogP contribution in [0, 0.1) is 17.7 Å². The van der Waals surface area contributed by atoms with E-state index in [2.05, 4.69) is 26.3 Å². The number of aromatic nitrogens is 1. The number of hydrogen-bond donors (Lipinski definition) is 6. The Kier molecular flexibility index (Phi) is 13.0. The number of carbonyl (C=O) groups is 3. The number of para-hydroxylation sites is 1. The summed E-state index contributed by atoms with van der Waals surface area (Å²) in [7, 11) is 1.42. The molecule has 5 rings (SSSR count). The van der Waals surface area contributed by atoms with Crippen molar-refractivity contribution in [3.63, 3.8) is 0 Å². The number of aromatic amines is 1. The van der Waals surface area contributed by atoms with Crippen molar-refractivity contribution >= 4 is 51.5 Å². The quantitative estimate of drug-likeness (QED) is 0.0589. The fourth-order valence-corrected chi connectivity index (χ4v) is 7.50. The molecule has 0 aliphatic heterocycles. The van der Waals surface area contributed by atoms with Gasteiger partial charge >= 0.3 is 6.18 Å². The first-order chi connectivity index (χ1) is 26.5. The van der Waals surface area contributed by atoms with Gasteiger partial charge in [0.2, 0.25) is 17.7 Å². The van der Waals surface area contributed by atoms with E-state index in [-0.39, 0.29) is 64.6 Å². The summed E-state index contributed by atoms with van der Waals surface area (Å²) in [6.45, 7) is 7.40. The molecule has 3 amide bonds. The predicted molar refractivity (Wildman–Crippen MR) is 210 cm³/mol. The number of anilines is 1. The van der Waals surface area contributed by atoms with Gasteiger partial charge in [0.1, 0.15) is 22.4 Å². The van der Waals surface area contributed by atoms with Gasteiger partial charge in [0.05, 0.1) is 30.7 Å². The summed E-state index contributed by atoms with van der Waals surface area (Å²) in [5.41, 5.74) is -1.12. The maximum absolute atomic E-state index is 14.8. The van der Waals surface area contributed by atoms with Crippen molar-refractivity contribution in [1.82, 2.24) is 20.9 Å². The molecule has 1 aromatic heterocycles. The standard InChI is InChI=1S/C41H47F4N5O5S/c1-6-22(3)34(48-33(52)19-24-11-8-9-14-29(24)42)37(53)50-40(18-17-30-27(21-40)26-12-10-13-28(36(26)47-30)41(43,44)45)39(54)49-35(23(4)7-2)38(56)46-25-15-16-32(55-5)31(51)20-25/h8-16,20,22-23,34-35,47,51H,6-7,17-19,21H2,1-5H3,(H,46,56)(H,48,52)(H,49,54)(H,50,53)/t22?,23?,34-,35-,40+/m0/s1. The monoisotopic (exact) mass is 797 g/mol. The van der Waals surface area contributed by atoms with Gasteiger partial charge in [-0.2, -0.15) is 13.2 Å². The zero-order chi connectivity index (χ0) is 40.9. The van der Waals surface area contributed by atoms with E-state index in [1.54, 1.807) is 31.2 Å². The molecular formula is C41H47F4N5O5S. The topological polar surface area (TPSA) is 145 Å². The predicted octanol–water partition coefficient (Wildman–Crippen LogP) is 7.13. The molecule has 4 aromatic rings. The lowest BCUT2D eigenvalue weighted by molar-refractivity contribution is -0.137. The first-order valence-electron chi connectivity index (χ1n) is 18.5. The third kappa shape index (κ3) is 9.09. The lowest BCUT2D eigenvalue weighted by Gasteiger charge is -2.40. The van der Waals surface area contributed by atoms with Crippen LogP contribution in [0.15, 0.2) is 60.7 Å². The highest BCUT2D eigenvalue weighted by molar-refractivity contribution is 7.80. The van der Waals surface area contributed by atoms with Gasteiger partial charge in [0.15, 0.2) is 11.5 Å². The molecule has 300 valence electrons. The molecule has 1 heterocycles. The summed E-state index contributed by atoms with van der Waals surface area (Å²) in [6.07, 6.45) is -3.99. The van der Waals surface area contributed by atoms with Crippen LogP contribution in [0.3, 0.4) is 0 Å². The van der Waals surface area contributed by atoms with Gasteiger partial charge in [0, 0.05) is 29.3 Å². The Bertz CT molecular complexity index is 2110. The molecule has 2 unspecified atom stereocenters. The molecule has 0 saturated carbocycles. The molecule has 10 nitrogen and oxygen atoms in total. The van der Waals surface area contributed by atoms with Crippen LogP contribution >= 0.6 is 12.2 Å². The van der Waals surface area contributed by atoms with Crippen LogP contribution in [0.5, 0.6) is 11.5 Å². The maximum Gasteiger partial charge on any atom is 0.418 e. The van der Waals surface area contributed by atoms with Gasteiger partial charge in [-0.05, 0) is 60.1 Å². The van der Waals surface area contributed by atoms with Gasteiger partial charge in [-0.1, -0.05) is 83.1 Å². The van der Waals surface area contributed by atoms with Crippen LogP contribution in [0.1, 0.15) is 69.3 Å². The zero-order valence-corrected chi connectivity index (χ0v) is 32.6. The number of ether oxygens (including phenoxy) is 1. The molecule has 0 fully saturated rings. The fraction of sp³-hybridized carbons (Fsp3) is 0.415. The third-order valence-electron chi connectivity index (χ3n) is 10.8. The molecule has 0 radical (unpaired) electrons. The number of thiocarbonyl (C=S) groups is 1. The lowest BCUT2D eigenvalue weighted by atomic mass is 9.78. The molecule has 3 aromatic carbocycles. The van der Waals surface area contributed by atoms with Crippen molar-refractivity contribution in [3.8, 4) is 11.5 Å². The average Bonchev–Trinajstić information content (AvgIpc) is 3.53. The van der Waals surface area contributed by atoms with Crippen molar-refractivity contribution in [2.75, 3.05) is 12.4 Å². The van der Waals surface area contributed by atoms with E-state index in [0.717, 1.165) is 6.07 Å². The molecule has 0 spiro atoms. The molecule has 0 saturated heterocycles. The van der Waals surface area contributed by atoms with E-state index < -0.39 is 58.8 Å². The van der Waals surface area contributed by atoms with Crippen molar-refractivity contribution in [3.05, 3.63) is 88.9 Å². The molecule has 5 atom stereocenters. The summed E-state index contributed by atoms with van der Waals surface area (Å²) in [5, 5.41) is 22.4. The first kappa shape index (κ1) is 42.0. The highest BCUT2D eigenvalue weighted by atomic mass is 32.1. The number of rotatable bonds is 14. The SMILES string of the molecule is CCC(C)[C@H](NC(=O)Cc1ccccc1F)C(=O)N[C@]1(C(=O)N[C@H](C(=S)Nc2ccc(OC)c(O)c2)C(C)CC)CCc2[nH]c3c(C(F)(F)F)cccc3c2C1. The largest absolute Gasteiger partial charge is 0.504 e. The Hall–Kier alpha value is -5.18. The minimum atomic E-state index is -4.65. The van der Waals surface area contributed by atoms with Gasteiger partial charge < -0.3 is 36.1 Å². The van der Waals surface area contributed by atoms with E-state index in [0.29, 0.717) is 29.8 Å². The second-order valence-corrected chi connectivity index (χ2v) is 14.9. The number of aromatic hydroxyl groups is 1. The number of benzene rings is 3. The maximum atomic E-state index is 14.8. The highest BCUT2D eigenvalue weighted by Gasteiger charge is 2.47. The molecule has 15 heteroatoms. The Morgan fingerprint density at radius 3 is 2.32 bits per heavy atom. The minimum absolute atomic E-state index is 0.00190. The van der Waals surface area contributed by atoms with Crippen LogP contribution in [-0.2, 0) is 39.8 Å². The van der Waals surface area contributed by atoms with Crippen LogP contribution in [0.25, 0.3) is 10.9 Å². The Labute approximate surface area is 328 Å². The van der Waals surface area contributed by atoms with Crippen LogP contribution < -0.4 is 26.0 Å². The summed E-state index contributed by atoms with van der Waals surface area (Å²) in [6, 6.07) is 12.3. The average molecular weight is 798 g/mol. The molecule has 56 heavy (non-hydrogen) atoms. The van der Waals surface area contributed by atoms with Crippen LogP contribution in [-0.4, -0.2) is 57.5 Å². The Balaban J connectivity index is 1.51. The van der Waals surface area contributed by atoms with Crippen LogP contribution in [0.4, 0.5) is 23.2 Å². The third-order valence-corrected chi connectivity index (χ3v) is 11.1. The Morgan fingerprint density at radius 2 is 1.68 bits per heavy atom. The number of hydrogen-bond acceptors (Lipinski definition) is 6. The van der Waals surface area contributed by atoms with Crippen LogP contribution in [0.2, 0.25) is 0 Å². The first-order valence-corrected chi connectivity index (χ1v) is 19.0. The van der Waals surface area contributed by atoms with E-state index in [4.69, 9.17) is 17.0 Å². The summed E-state index contributed by atoms with van der Waals surface area (Å²) in [4.78, 5) is 45.7. The van der Waals surface area contributed by atoms with Gasteiger partial charge in [-0.25, -0.2) is 4.39 Å². The highest BCUT2D eigenvalue weighted by Crippen LogP contribution is 2.40. The number of nitrogens with one attached hydrogen (secondary N) is 5. The van der Waals surface area contributed by atoms with E-state index >= 15 is 0 Å². The lowest BCUT2D eigenvalue weighted by Crippen LogP contribution is -2.67. The number of methoxy groups -OCH3 is 1. The molecule has 0 bridgehead atoms. The normalized spacial score (nSPS) is 17.5. The number of halogens is 4. The van der Waals surface area contributed by atoms with Crippen molar-refractivity contribution in [2.24, 2.45) is 11.8 Å². The number of fused-ring (bicyclic) bond motifs is 3. The van der Waals surface area contributed by atoms with E-state index in [1.165, 1.54) is 37.4 Å². The number of amides is 3. The molecule has 6 N–H and O–H groups in total. The fourth-order valence-electron chi connectivity index (χ4n) is 7.09. The zero-order valence-electron chi connectivity index (χ0n) is 31.8. The number of H-pyrrole nitrogens is 1. The van der Waals surface area contributed by atoms with Crippen molar-refractivity contribution in [2.45, 2.75) is 90.0 Å². The minimum Gasteiger partial charge on any atom is -0.504 e. The number of carbonyl (C=O) groups excluding carboxylic acids is 3. The number of phenols is 1. The van der Waals surface area contributed by atoms with Gasteiger partial charge in [0.25, 0.3) is 0 Å². The number of alkyl halides is 3. The number of aryl methyl sites for hydroxylation is 1.